The minimum Gasteiger partial charge on any atom is -0.382 e. The van der Waals surface area contributed by atoms with E-state index in [1.807, 2.05) is 6.20 Å². The summed E-state index contributed by atoms with van der Waals surface area (Å²) >= 11 is 0. The minimum atomic E-state index is 0.0617. The third-order valence-electron chi connectivity index (χ3n) is 5.19. The summed E-state index contributed by atoms with van der Waals surface area (Å²) in [6.45, 7) is 2.74. The molecule has 1 atom stereocenters. The van der Waals surface area contributed by atoms with E-state index in [0.29, 0.717) is 12.4 Å². The zero-order valence-corrected chi connectivity index (χ0v) is 14.6. The van der Waals surface area contributed by atoms with Crippen LogP contribution in [0.3, 0.4) is 0 Å². The Morgan fingerprint density at radius 3 is 2.96 bits per heavy atom. The van der Waals surface area contributed by atoms with E-state index < -0.39 is 0 Å². The summed E-state index contributed by atoms with van der Waals surface area (Å²) in [5.41, 5.74) is 12.8. The van der Waals surface area contributed by atoms with Crippen LogP contribution in [-0.2, 0) is 17.8 Å². The lowest BCUT2D eigenvalue weighted by molar-refractivity contribution is 0.0668. The molecule has 0 saturated heterocycles. The molecule has 0 fully saturated rings. The monoisotopic (exact) mass is 341 g/mol. The van der Waals surface area contributed by atoms with Gasteiger partial charge in [-0.15, -0.1) is 0 Å². The molecular weight excluding hydrogens is 322 g/mol. The first-order chi connectivity index (χ1) is 12.7. The molecule has 2 aromatic heterocycles. The Balaban J connectivity index is 1.70. The number of hydrogen-bond acceptors (Lipinski definition) is 4. The maximum Gasteiger partial charge on any atom is 0.150 e. The summed E-state index contributed by atoms with van der Waals surface area (Å²) in [5.74, 6) is 0.479. The average Bonchev–Trinajstić information content (AvgIpc) is 3.05. The normalized spacial score (nSPS) is 16.3. The zero-order chi connectivity index (χ0) is 17.7. The van der Waals surface area contributed by atoms with Crippen molar-refractivity contribution in [3.05, 3.63) is 77.0 Å². The molecule has 1 aliphatic heterocycles. The standard InChI is InChI=1S/C22H19N3O/c1-13-6-7-17-18(10-13)25-22(23)21-20(17)14(8-9-24-21)11-19-16-5-3-2-4-15(16)12-26-19/h2-10,19H,11-12H2,1H3,(H2,23,25). The molecule has 0 bridgehead atoms. The molecule has 2 N–H and O–H groups in total. The van der Waals surface area contributed by atoms with Gasteiger partial charge in [0.05, 0.1) is 18.2 Å². The Bertz CT molecular complexity index is 1150. The molecule has 1 aliphatic rings. The number of nitrogens with zero attached hydrogens (tertiary/aromatic N) is 2. The fourth-order valence-electron chi connectivity index (χ4n) is 3.92. The van der Waals surface area contributed by atoms with Crippen molar-refractivity contribution in [2.45, 2.75) is 26.1 Å². The van der Waals surface area contributed by atoms with Crippen LogP contribution >= 0.6 is 0 Å². The first-order valence-electron chi connectivity index (χ1n) is 8.83. The number of nitrogen functional groups attached to an aromatic ring is 1. The van der Waals surface area contributed by atoms with E-state index in [1.165, 1.54) is 22.3 Å². The van der Waals surface area contributed by atoms with Crippen molar-refractivity contribution < 1.29 is 4.74 Å². The molecule has 4 heteroatoms. The predicted molar refractivity (Wildman–Crippen MR) is 104 cm³/mol. The Morgan fingerprint density at radius 1 is 1.15 bits per heavy atom. The maximum atomic E-state index is 6.22. The maximum absolute atomic E-state index is 6.22. The Kier molecular flexibility index (Phi) is 3.40. The number of fused-ring (bicyclic) bond motifs is 4. The van der Waals surface area contributed by atoms with Gasteiger partial charge in [0.25, 0.3) is 0 Å². The van der Waals surface area contributed by atoms with Crippen LogP contribution in [0.25, 0.3) is 21.8 Å². The number of rotatable bonds is 2. The van der Waals surface area contributed by atoms with Gasteiger partial charge in [0.15, 0.2) is 5.82 Å². The molecule has 0 aliphatic carbocycles. The highest BCUT2D eigenvalue weighted by atomic mass is 16.5. The van der Waals surface area contributed by atoms with Gasteiger partial charge in [0, 0.05) is 23.4 Å². The van der Waals surface area contributed by atoms with Crippen molar-refractivity contribution in [1.82, 2.24) is 9.97 Å². The van der Waals surface area contributed by atoms with E-state index in [4.69, 9.17) is 10.5 Å². The smallest absolute Gasteiger partial charge is 0.150 e. The molecule has 1 unspecified atom stereocenters. The van der Waals surface area contributed by atoms with E-state index in [1.54, 1.807) is 0 Å². The second kappa shape index (κ2) is 5.78. The number of anilines is 1. The number of aryl methyl sites for hydroxylation is 1. The molecule has 5 rings (SSSR count). The molecule has 4 nitrogen and oxygen atoms in total. The van der Waals surface area contributed by atoms with Crippen LogP contribution < -0.4 is 5.73 Å². The van der Waals surface area contributed by atoms with Crippen molar-refractivity contribution in [2.24, 2.45) is 0 Å². The molecule has 0 saturated carbocycles. The number of hydrogen-bond donors (Lipinski definition) is 1. The Morgan fingerprint density at radius 2 is 2.04 bits per heavy atom. The largest absolute Gasteiger partial charge is 0.382 e. The van der Waals surface area contributed by atoms with Crippen LogP contribution in [0.15, 0.2) is 54.7 Å². The van der Waals surface area contributed by atoms with Crippen molar-refractivity contribution in [1.29, 1.82) is 0 Å². The highest BCUT2D eigenvalue weighted by Gasteiger charge is 2.24. The van der Waals surface area contributed by atoms with E-state index in [0.717, 1.165) is 28.2 Å². The summed E-state index contributed by atoms with van der Waals surface area (Å²) in [6, 6.07) is 16.8. The van der Waals surface area contributed by atoms with Crippen LogP contribution in [0.1, 0.15) is 28.4 Å². The predicted octanol–water partition coefficient (Wildman–Crippen LogP) is 4.49. The van der Waals surface area contributed by atoms with Crippen LogP contribution in [0, 0.1) is 6.92 Å². The number of aromatic nitrogens is 2. The molecule has 3 heterocycles. The van der Waals surface area contributed by atoms with Gasteiger partial charge in [-0.3, -0.25) is 4.98 Å². The van der Waals surface area contributed by atoms with E-state index >= 15 is 0 Å². The van der Waals surface area contributed by atoms with E-state index in [-0.39, 0.29) is 6.10 Å². The lowest BCUT2D eigenvalue weighted by Gasteiger charge is -2.15. The van der Waals surface area contributed by atoms with Crippen molar-refractivity contribution in [3.8, 4) is 0 Å². The molecular formula is C22H19N3O. The fourth-order valence-corrected chi connectivity index (χ4v) is 3.92. The van der Waals surface area contributed by atoms with Gasteiger partial charge in [-0.1, -0.05) is 36.4 Å². The number of ether oxygens (including phenoxy) is 1. The molecule has 4 aromatic rings. The average molecular weight is 341 g/mol. The van der Waals surface area contributed by atoms with Gasteiger partial charge in [-0.25, -0.2) is 4.98 Å². The van der Waals surface area contributed by atoms with Gasteiger partial charge in [0.2, 0.25) is 0 Å². The highest BCUT2D eigenvalue weighted by molar-refractivity contribution is 6.09. The van der Waals surface area contributed by atoms with Gasteiger partial charge in [-0.05, 0) is 41.3 Å². The van der Waals surface area contributed by atoms with Gasteiger partial charge in [0.1, 0.15) is 5.52 Å². The summed E-state index contributed by atoms with van der Waals surface area (Å²) in [5, 5.41) is 2.18. The summed E-state index contributed by atoms with van der Waals surface area (Å²) in [7, 11) is 0. The number of benzene rings is 2. The van der Waals surface area contributed by atoms with Crippen molar-refractivity contribution >= 4 is 27.6 Å². The molecule has 128 valence electrons. The second-order valence-corrected chi connectivity index (χ2v) is 6.91. The number of nitrogens with two attached hydrogens (primary N) is 1. The van der Waals surface area contributed by atoms with Crippen LogP contribution in [0.4, 0.5) is 5.82 Å². The zero-order valence-electron chi connectivity index (χ0n) is 14.6. The quantitative estimate of drug-likeness (QED) is 0.546. The van der Waals surface area contributed by atoms with Crippen molar-refractivity contribution in [3.63, 3.8) is 0 Å². The Hall–Kier alpha value is -2.98. The first-order valence-corrected chi connectivity index (χ1v) is 8.83. The second-order valence-electron chi connectivity index (χ2n) is 6.91. The summed E-state index contributed by atoms with van der Waals surface area (Å²) < 4.78 is 6.07. The minimum absolute atomic E-state index is 0.0617. The lowest BCUT2D eigenvalue weighted by Crippen LogP contribution is -2.04. The summed E-state index contributed by atoms with van der Waals surface area (Å²) in [4.78, 5) is 9.06. The van der Waals surface area contributed by atoms with Crippen LogP contribution in [0.5, 0.6) is 0 Å². The third kappa shape index (κ3) is 2.34. The molecule has 0 spiro atoms. The molecule has 2 aromatic carbocycles. The highest BCUT2D eigenvalue weighted by Crippen LogP contribution is 2.36. The van der Waals surface area contributed by atoms with Crippen LogP contribution in [0.2, 0.25) is 0 Å². The first kappa shape index (κ1) is 15.3. The fraction of sp³-hybridized carbons (Fsp3) is 0.182. The van der Waals surface area contributed by atoms with E-state index in [2.05, 4.69) is 65.4 Å². The Labute approximate surface area is 151 Å². The van der Waals surface area contributed by atoms with E-state index in [9.17, 15) is 0 Å². The van der Waals surface area contributed by atoms with Gasteiger partial charge in [-0.2, -0.15) is 0 Å². The van der Waals surface area contributed by atoms with Crippen molar-refractivity contribution in [2.75, 3.05) is 5.73 Å². The third-order valence-corrected chi connectivity index (χ3v) is 5.19. The molecule has 26 heavy (non-hydrogen) atoms. The topological polar surface area (TPSA) is 61.0 Å². The van der Waals surface area contributed by atoms with Gasteiger partial charge < -0.3 is 10.5 Å². The summed E-state index contributed by atoms with van der Waals surface area (Å²) in [6.07, 6.45) is 2.67. The van der Waals surface area contributed by atoms with Crippen LogP contribution in [-0.4, -0.2) is 9.97 Å². The number of pyridine rings is 2. The molecule has 0 radical (unpaired) electrons. The van der Waals surface area contributed by atoms with Gasteiger partial charge >= 0.3 is 0 Å². The lowest BCUT2D eigenvalue weighted by atomic mass is 9.95. The molecule has 0 amide bonds. The SMILES string of the molecule is Cc1ccc2c(c1)nc(N)c1nccc(CC3OCc4ccccc43)c12.